The smallest absolute Gasteiger partial charge is 0.268 e. The highest BCUT2D eigenvalue weighted by Gasteiger charge is 2.06. The lowest BCUT2D eigenvalue weighted by Crippen LogP contribution is -2.29. The van der Waals surface area contributed by atoms with Gasteiger partial charge in [-0.15, -0.1) is 22.7 Å². The van der Waals surface area contributed by atoms with Crippen molar-refractivity contribution >= 4 is 40.6 Å². The van der Waals surface area contributed by atoms with Crippen LogP contribution in [0.4, 0.5) is 0 Å². The molecule has 0 aliphatic carbocycles. The Balaban J connectivity index is 2.05. The Morgan fingerprint density at radius 2 is 2.00 bits per heavy atom. The maximum atomic E-state index is 12.3. The average molecular weight is 352 g/mol. The lowest BCUT2D eigenvalue weighted by Gasteiger charge is -1.91. The van der Waals surface area contributed by atoms with Gasteiger partial charge in [0.2, 0.25) is 0 Å². The number of ketones is 1. The van der Waals surface area contributed by atoms with Gasteiger partial charge in [-0.2, -0.15) is 5.26 Å². The predicted octanol–water partition coefficient (Wildman–Crippen LogP) is 1.87. The number of hydrogen-bond acceptors (Lipinski definition) is 5. The molecule has 0 N–H and O–H groups in total. The minimum Gasteiger partial charge on any atom is -0.302 e. The zero-order chi connectivity index (χ0) is 17.1. The summed E-state index contributed by atoms with van der Waals surface area (Å²) in [5.74, 6) is -0.105. The molecule has 2 heterocycles. The van der Waals surface area contributed by atoms with Crippen molar-refractivity contribution in [2.24, 2.45) is 7.05 Å². The zero-order valence-corrected chi connectivity index (χ0v) is 14.4. The number of thiazole rings is 1. The van der Waals surface area contributed by atoms with E-state index in [1.54, 1.807) is 43.5 Å². The Bertz CT molecular complexity index is 1100. The van der Waals surface area contributed by atoms with Crippen LogP contribution < -0.4 is 14.8 Å². The molecule has 3 rings (SSSR count). The largest absolute Gasteiger partial charge is 0.302 e. The van der Waals surface area contributed by atoms with Crippen molar-refractivity contribution in [1.82, 2.24) is 4.57 Å². The standard InChI is InChI=1S/C18H12N2O2S2/c1-20-17(10-14(21)15-3-2-8-23-15)24-16(18(20)22)9-12-4-6-13(11-19)7-5-12/h2-10H,1H3/b16-9+,17-10-. The number of thiophene rings is 1. The summed E-state index contributed by atoms with van der Waals surface area (Å²) in [5.41, 5.74) is 1.26. The van der Waals surface area contributed by atoms with Crippen LogP contribution in [0.1, 0.15) is 20.8 Å². The van der Waals surface area contributed by atoms with E-state index in [-0.39, 0.29) is 11.3 Å². The fourth-order valence-corrected chi connectivity index (χ4v) is 3.78. The number of hydrogen-bond donors (Lipinski definition) is 0. The highest BCUT2D eigenvalue weighted by Crippen LogP contribution is 2.09. The van der Waals surface area contributed by atoms with Gasteiger partial charge in [-0.25, -0.2) is 0 Å². The third-order valence-electron chi connectivity index (χ3n) is 3.42. The SMILES string of the molecule is Cn1c(=O)/c(=C\c2ccc(C#N)cc2)s/c1=C\C(=O)c1cccs1. The molecule has 0 amide bonds. The van der Waals surface area contributed by atoms with Crippen molar-refractivity contribution < 1.29 is 4.79 Å². The molecule has 0 aliphatic heterocycles. The van der Waals surface area contributed by atoms with Crippen molar-refractivity contribution in [2.45, 2.75) is 0 Å². The Morgan fingerprint density at radius 1 is 1.25 bits per heavy atom. The minimum absolute atomic E-state index is 0.105. The Hall–Kier alpha value is -2.75. The summed E-state index contributed by atoms with van der Waals surface area (Å²) in [5, 5.41) is 10.7. The van der Waals surface area contributed by atoms with Crippen LogP contribution in [0.3, 0.4) is 0 Å². The number of benzene rings is 1. The molecule has 0 radical (unpaired) electrons. The van der Waals surface area contributed by atoms with E-state index in [4.69, 9.17) is 5.26 Å². The molecule has 0 fully saturated rings. The van der Waals surface area contributed by atoms with E-state index < -0.39 is 0 Å². The molecule has 2 aromatic heterocycles. The van der Waals surface area contributed by atoms with Crippen molar-refractivity contribution in [1.29, 1.82) is 5.26 Å². The molecule has 24 heavy (non-hydrogen) atoms. The second-order valence-corrected chi connectivity index (χ2v) is 7.04. The monoisotopic (exact) mass is 352 g/mol. The number of rotatable bonds is 3. The summed E-state index contributed by atoms with van der Waals surface area (Å²) >= 11 is 2.65. The van der Waals surface area contributed by atoms with E-state index in [0.717, 1.165) is 5.56 Å². The van der Waals surface area contributed by atoms with Gasteiger partial charge in [0, 0.05) is 13.1 Å². The topological polar surface area (TPSA) is 62.9 Å². The first kappa shape index (κ1) is 16.1. The van der Waals surface area contributed by atoms with Gasteiger partial charge in [-0.1, -0.05) is 18.2 Å². The normalized spacial score (nSPS) is 12.3. The zero-order valence-electron chi connectivity index (χ0n) is 12.7. The number of nitriles is 1. The molecule has 4 nitrogen and oxygen atoms in total. The second kappa shape index (κ2) is 6.79. The summed E-state index contributed by atoms with van der Waals surface area (Å²) in [7, 11) is 1.66. The third-order valence-corrected chi connectivity index (χ3v) is 5.41. The molecule has 3 aromatic rings. The van der Waals surface area contributed by atoms with Crippen molar-refractivity contribution in [3.8, 4) is 6.07 Å². The molecule has 0 saturated carbocycles. The first-order valence-electron chi connectivity index (χ1n) is 7.06. The Morgan fingerprint density at radius 3 is 2.62 bits per heavy atom. The van der Waals surface area contributed by atoms with Crippen LogP contribution in [0.25, 0.3) is 12.2 Å². The fraction of sp³-hybridized carbons (Fsp3) is 0.0556. The molecule has 6 heteroatoms. The first-order chi connectivity index (χ1) is 11.6. The molecular formula is C18H12N2O2S2. The van der Waals surface area contributed by atoms with Gasteiger partial charge in [0.05, 0.1) is 21.0 Å². The third kappa shape index (κ3) is 3.27. The first-order valence-corrected chi connectivity index (χ1v) is 8.75. The van der Waals surface area contributed by atoms with Crippen molar-refractivity contribution in [3.05, 3.63) is 77.3 Å². The predicted molar refractivity (Wildman–Crippen MR) is 96.6 cm³/mol. The summed E-state index contributed by atoms with van der Waals surface area (Å²) < 4.78 is 2.64. The molecule has 118 valence electrons. The van der Waals surface area contributed by atoms with Crippen LogP contribution in [0, 0.1) is 11.3 Å². The van der Waals surface area contributed by atoms with E-state index >= 15 is 0 Å². The van der Waals surface area contributed by atoms with Gasteiger partial charge in [-0.05, 0) is 35.2 Å². The van der Waals surface area contributed by atoms with E-state index in [1.165, 1.54) is 33.3 Å². The highest BCUT2D eigenvalue weighted by atomic mass is 32.1. The lowest BCUT2D eigenvalue weighted by atomic mass is 10.1. The van der Waals surface area contributed by atoms with E-state index in [9.17, 15) is 9.59 Å². The second-order valence-electron chi connectivity index (χ2n) is 5.03. The molecule has 0 saturated heterocycles. The molecular weight excluding hydrogens is 340 g/mol. The fourth-order valence-electron chi connectivity index (χ4n) is 2.11. The molecule has 0 aliphatic rings. The van der Waals surface area contributed by atoms with Crippen LogP contribution in [-0.4, -0.2) is 10.4 Å². The maximum Gasteiger partial charge on any atom is 0.268 e. The van der Waals surface area contributed by atoms with Crippen LogP contribution >= 0.6 is 22.7 Å². The quantitative estimate of drug-likeness (QED) is 0.676. The summed E-state index contributed by atoms with van der Waals surface area (Å²) in [6.07, 6.45) is 3.26. The summed E-state index contributed by atoms with van der Waals surface area (Å²) in [6.45, 7) is 0. The van der Waals surface area contributed by atoms with Crippen LogP contribution in [0.5, 0.6) is 0 Å². The molecule has 0 bridgehead atoms. The maximum absolute atomic E-state index is 12.3. The van der Waals surface area contributed by atoms with Crippen LogP contribution in [0.15, 0.2) is 46.6 Å². The van der Waals surface area contributed by atoms with Gasteiger partial charge >= 0.3 is 0 Å². The van der Waals surface area contributed by atoms with E-state index in [1.807, 2.05) is 11.4 Å². The highest BCUT2D eigenvalue weighted by molar-refractivity contribution is 7.12. The van der Waals surface area contributed by atoms with Crippen molar-refractivity contribution in [2.75, 3.05) is 0 Å². The van der Waals surface area contributed by atoms with E-state index in [2.05, 4.69) is 6.07 Å². The molecule has 0 spiro atoms. The summed E-state index contributed by atoms with van der Waals surface area (Å²) in [6, 6.07) is 12.6. The molecule has 0 atom stereocenters. The van der Waals surface area contributed by atoms with Gasteiger partial charge in [-0.3, -0.25) is 9.59 Å². The number of Topliss-reactive ketones (excluding diaryl/α,β-unsaturated/α-hetero) is 1. The average Bonchev–Trinajstić information content (AvgIpc) is 3.21. The Kier molecular flexibility index (Phi) is 4.56. The van der Waals surface area contributed by atoms with Gasteiger partial charge in [0.15, 0.2) is 5.78 Å². The number of aromatic nitrogens is 1. The van der Waals surface area contributed by atoms with Crippen molar-refractivity contribution in [3.63, 3.8) is 0 Å². The molecule has 1 aromatic carbocycles. The van der Waals surface area contributed by atoms with Gasteiger partial charge < -0.3 is 4.57 Å². The molecule has 0 unspecified atom stereocenters. The summed E-state index contributed by atoms with van der Waals surface area (Å²) in [4.78, 5) is 25.2. The van der Waals surface area contributed by atoms with E-state index in [0.29, 0.717) is 19.6 Å². The number of nitrogens with zero attached hydrogens (tertiary/aromatic N) is 2. The van der Waals surface area contributed by atoms with Crippen LogP contribution in [-0.2, 0) is 7.05 Å². The number of carbonyl (C=O) groups excluding carboxylic acids is 1. The van der Waals surface area contributed by atoms with Gasteiger partial charge in [0.1, 0.15) is 4.66 Å². The number of carbonyl (C=O) groups is 1. The minimum atomic E-state index is -0.144. The van der Waals surface area contributed by atoms with Gasteiger partial charge in [0.25, 0.3) is 5.56 Å². The lowest BCUT2D eigenvalue weighted by molar-refractivity contribution is 0.106. The van der Waals surface area contributed by atoms with Crippen LogP contribution in [0.2, 0.25) is 0 Å². The Labute approximate surface area is 145 Å².